The molecule has 0 aliphatic rings. The number of phenolic OH excluding ortho intramolecular Hbond substituents is 1. The molecule has 1 aromatic carbocycles. The van der Waals surface area contributed by atoms with Gasteiger partial charge in [-0.1, -0.05) is 0 Å². The average Bonchev–Trinajstić information content (AvgIpc) is 2.83. The van der Waals surface area contributed by atoms with Gasteiger partial charge in [0.1, 0.15) is 0 Å². The first kappa shape index (κ1) is 15.7. The number of hydrogen-bond donors (Lipinski definition) is 2. The molecule has 114 valence electrons. The summed E-state index contributed by atoms with van der Waals surface area (Å²) >= 11 is 0.951. The van der Waals surface area contributed by atoms with Gasteiger partial charge >= 0.3 is 0 Å². The van der Waals surface area contributed by atoms with Crippen molar-refractivity contribution in [3.8, 4) is 11.5 Å². The quantitative estimate of drug-likeness (QED) is 0.642. The zero-order valence-electron chi connectivity index (χ0n) is 10.8. The number of aromatic hydroxyl groups is 1. The maximum absolute atomic E-state index is 13.9. The Labute approximate surface area is 123 Å². The molecule has 0 atom stereocenters. The molecule has 9 heteroatoms. The summed E-state index contributed by atoms with van der Waals surface area (Å²) in [6, 6.07) is 2.62. The molecule has 0 amide bonds. The van der Waals surface area contributed by atoms with E-state index < -0.39 is 39.6 Å². The lowest BCUT2D eigenvalue weighted by Gasteiger charge is -2.04. The fraction of sp³-hybridized carbons (Fsp3) is 0.250. The van der Waals surface area contributed by atoms with Crippen molar-refractivity contribution >= 4 is 37.3 Å². The first-order chi connectivity index (χ1) is 9.73. The van der Waals surface area contributed by atoms with Crippen LogP contribution in [0, 0.1) is 5.82 Å². The number of ether oxygens (including phenoxy) is 1. The van der Waals surface area contributed by atoms with Crippen LogP contribution in [0.2, 0.25) is 0 Å². The van der Waals surface area contributed by atoms with Crippen molar-refractivity contribution < 1.29 is 32.0 Å². The summed E-state index contributed by atoms with van der Waals surface area (Å²) in [6.07, 6.45) is -0.406. The lowest BCUT2D eigenvalue weighted by atomic mass is 10.2. The highest BCUT2D eigenvalue weighted by atomic mass is 32.2. The second-order valence-electron chi connectivity index (χ2n) is 4.22. The highest BCUT2D eigenvalue weighted by Crippen LogP contribution is 2.39. The zero-order chi connectivity index (χ0) is 15.8. The van der Waals surface area contributed by atoms with Gasteiger partial charge in [0, 0.05) is 22.6 Å². The number of phenols is 1. The van der Waals surface area contributed by atoms with Gasteiger partial charge in [-0.25, -0.2) is 4.39 Å². The van der Waals surface area contributed by atoms with Crippen molar-refractivity contribution in [1.29, 1.82) is 0 Å². The summed E-state index contributed by atoms with van der Waals surface area (Å²) in [5.41, 5.74) is 0. The third-order valence-electron chi connectivity index (χ3n) is 2.78. The van der Waals surface area contributed by atoms with E-state index in [0.29, 0.717) is 4.70 Å². The normalized spacial score (nSPS) is 11.8. The Kier molecular flexibility index (Phi) is 4.17. The van der Waals surface area contributed by atoms with Gasteiger partial charge in [-0.05, 0) is 6.07 Å². The molecule has 2 N–H and O–H groups in total. The lowest BCUT2D eigenvalue weighted by molar-refractivity contribution is 0.0992. The molecular weight excluding hydrogens is 323 g/mol. The number of rotatable bonds is 5. The van der Waals surface area contributed by atoms with Gasteiger partial charge in [-0.15, -0.1) is 11.3 Å². The third-order valence-corrected chi connectivity index (χ3v) is 4.63. The number of carbonyl (C=O) groups is 1. The largest absolute Gasteiger partial charge is 0.502 e. The molecule has 0 aliphatic heterocycles. The molecule has 6 nitrogen and oxygen atoms in total. The van der Waals surface area contributed by atoms with Crippen LogP contribution in [0.5, 0.6) is 11.5 Å². The van der Waals surface area contributed by atoms with Crippen LogP contribution in [0.25, 0.3) is 10.1 Å². The molecule has 0 radical (unpaired) electrons. The number of carbonyl (C=O) groups excluding carboxylic acids is 1. The maximum atomic E-state index is 13.9. The molecule has 1 heterocycles. The van der Waals surface area contributed by atoms with Crippen LogP contribution in [0.4, 0.5) is 4.39 Å². The Bertz CT molecular complexity index is 809. The monoisotopic (exact) mass is 334 g/mol. The van der Waals surface area contributed by atoms with E-state index in [1.807, 2.05) is 0 Å². The summed E-state index contributed by atoms with van der Waals surface area (Å²) in [5.74, 6) is -2.85. The Balaban J connectivity index is 2.39. The summed E-state index contributed by atoms with van der Waals surface area (Å²) in [7, 11) is -2.96. The minimum Gasteiger partial charge on any atom is -0.502 e. The van der Waals surface area contributed by atoms with Crippen LogP contribution >= 0.6 is 11.3 Å². The summed E-state index contributed by atoms with van der Waals surface area (Å²) in [5, 5.41) is 9.61. The zero-order valence-corrected chi connectivity index (χ0v) is 12.4. The van der Waals surface area contributed by atoms with Crippen molar-refractivity contribution in [2.24, 2.45) is 0 Å². The van der Waals surface area contributed by atoms with Gasteiger partial charge in [0.25, 0.3) is 10.1 Å². The van der Waals surface area contributed by atoms with Crippen molar-refractivity contribution in [3.63, 3.8) is 0 Å². The van der Waals surface area contributed by atoms with Crippen LogP contribution < -0.4 is 4.74 Å². The molecule has 0 bridgehead atoms. The van der Waals surface area contributed by atoms with Crippen molar-refractivity contribution in [2.75, 3.05) is 12.9 Å². The molecule has 0 saturated heterocycles. The molecule has 0 fully saturated rings. The summed E-state index contributed by atoms with van der Waals surface area (Å²) in [6.45, 7) is 0. The molecular formula is C12H11FO6S2. The fourth-order valence-electron chi connectivity index (χ4n) is 1.74. The summed E-state index contributed by atoms with van der Waals surface area (Å²) < 4.78 is 49.0. The minimum atomic E-state index is -4.23. The minimum absolute atomic E-state index is 0.0495. The van der Waals surface area contributed by atoms with Crippen LogP contribution in [0.15, 0.2) is 12.1 Å². The van der Waals surface area contributed by atoms with Gasteiger partial charge in [0.15, 0.2) is 23.1 Å². The van der Waals surface area contributed by atoms with Gasteiger partial charge in [0.2, 0.25) is 0 Å². The number of fused-ring (bicyclic) bond motifs is 1. The van der Waals surface area contributed by atoms with Crippen molar-refractivity contribution in [1.82, 2.24) is 0 Å². The number of benzene rings is 1. The molecule has 1 aromatic heterocycles. The highest BCUT2D eigenvalue weighted by molar-refractivity contribution is 7.85. The molecule has 0 unspecified atom stereocenters. The van der Waals surface area contributed by atoms with E-state index in [4.69, 9.17) is 9.29 Å². The van der Waals surface area contributed by atoms with Gasteiger partial charge in [-0.2, -0.15) is 8.42 Å². The number of methoxy groups -OCH3 is 1. The average molecular weight is 334 g/mol. The fourth-order valence-corrected chi connectivity index (χ4v) is 3.24. The van der Waals surface area contributed by atoms with Gasteiger partial charge < -0.3 is 9.84 Å². The van der Waals surface area contributed by atoms with E-state index in [0.717, 1.165) is 11.3 Å². The second-order valence-corrected chi connectivity index (χ2v) is 6.88. The van der Waals surface area contributed by atoms with E-state index in [1.165, 1.54) is 19.2 Å². The van der Waals surface area contributed by atoms with Gasteiger partial charge in [-0.3, -0.25) is 9.35 Å². The van der Waals surface area contributed by atoms with E-state index in [-0.39, 0.29) is 16.0 Å². The standard InChI is InChI=1S/C12H11FO6S2/c1-19-8-5-9-6(11(13)12(8)15)4-10(20-9)7(14)2-3-21(16,17)18/h4-5,15H,2-3H2,1H3,(H,16,17,18). The van der Waals surface area contributed by atoms with Crippen LogP contribution in [0.1, 0.15) is 16.1 Å². The topological polar surface area (TPSA) is 101 Å². The predicted molar refractivity (Wildman–Crippen MR) is 75.4 cm³/mol. The molecule has 2 rings (SSSR count). The lowest BCUT2D eigenvalue weighted by Crippen LogP contribution is -2.09. The Morgan fingerprint density at radius 3 is 2.67 bits per heavy atom. The van der Waals surface area contributed by atoms with E-state index >= 15 is 0 Å². The molecule has 0 saturated carbocycles. The smallest absolute Gasteiger partial charge is 0.265 e. The Morgan fingerprint density at radius 1 is 1.43 bits per heavy atom. The Hall–Kier alpha value is -1.71. The van der Waals surface area contributed by atoms with Crippen LogP contribution in [0.3, 0.4) is 0 Å². The first-order valence-corrected chi connectivity index (χ1v) is 8.13. The summed E-state index contributed by atoms with van der Waals surface area (Å²) in [4.78, 5) is 12.0. The molecule has 21 heavy (non-hydrogen) atoms. The van der Waals surface area contributed by atoms with E-state index in [1.54, 1.807) is 0 Å². The second kappa shape index (κ2) is 5.58. The SMILES string of the molecule is COc1cc2sc(C(=O)CCS(=O)(=O)O)cc2c(F)c1O. The van der Waals surface area contributed by atoms with Crippen molar-refractivity contribution in [3.05, 3.63) is 22.8 Å². The van der Waals surface area contributed by atoms with Gasteiger partial charge in [0.05, 0.1) is 17.7 Å². The third kappa shape index (κ3) is 3.31. The van der Waals surface area contributed by atoms with E-state index in [2.05, 4.69) is 0 Å². The molecule has 0 aliphatic carbocycles. The van der Waals surface area contributed by atoms with Crippen LogP contribution in [-0.4, -0.2) is 36.7 Å². The predicted octanol–water partition coefficient (Wildman–Crippen LogP) is 2.22. The Morgan fingerprint density at radius 2 is 2.10 bits per heavy atom. The highest BCUT2D eigenvalue weighted by Gasteiger charge is 2.19. The first-order valence-electron chi connectivity index (χ1n) is 5.70. The molecule has 0 spiro atoms. The number of ketones is 1. The number of thiophene rings is 1. The maximum Gasteiger partial charge on any atom is 0.265 e. The number of Topliss-reactive ketones (excluding diaryl/α,β-unsaturated/α-hetero) is 1. The van der Waals surface area contributed by atoms with Crippen LogP contribution in [-0.2, 0) is 10.1 Å². The molecule has 2 aromatic rings. The van der Waals surface area contributed by atoms with Crippen molar-refractivity contribution in [2.45, 2.75) is 6.42 Å². The number of hydrogen-bond acceptors (Lipinski definition) is 6. The van der Waals surface area contributed by atoms with E-state index in [9.17, 15) is 22.7 Å². The number of halogens is 1.